The number of nitrogens with zero attached hydrogens (tertiary/aromatic N) is 4. The highest BCUT2D eigenvalue weighted by atomic mass is 32.1. The van der Waals surface area contributed by atoms with Gasteiger partial charge >= 0.3 is 0 Å². The zero-order chi connectivity index (χ0) is 15.6. The smallest absolute Gasteiger partial charge is 0.207 e. The van der Waals surface area contributed by atoms with E-state index in [9.17, 15) is 0 Å². The first-order valence-electron chi connectivity index (χ1n) is 7.09. The zero-order valence-electron chi connectivity index (χ0n) is 12.1. The Morgan fingerprint density at radius 3 is 2.48 bits per heavy atom. The second-order valence-electron chi connectivity index (χ2n) is 4.95. The van der Waals surface area contributed by atoms with Gasteiger partial charge in [0.05, 0.1) is 11.4 Å². The molecule has 0 radical (unpaired) electrons. The quantitative estimate of drug-likeness (QED) is 0.626. The largest absolute Gasteiger partial charge is 0.369 e. The Kier molecular flexibility index (Phi) is 3.36. The van der Waals surface area contributed by atoms with E-state index in [1.807, 2.05) is 60.1 Å². The van der Waals surface area contributed by atoms with Crippen LogP contribution in [0.25, 0.3) is 27.8 Å². The molecule has 0 unspecified atom stereocenters. The summed E-state index contributed by atoms with van der Waals surface area (Å²) in [5, 5.41) is 2.75. The minimum absolute atomic E-state index is 0.422. The van der Waals surface area contributed by atoms with Gasteiger partial charge in [-0.05, 0) is 12.1 Å². The van der Waals surface area contributed by atoms with Crippen molar-refractivity contribution in [2.45, 2.75) is 0 Å². The Bertz CT molecular complexity index is 928. The summed E-state index contributed by atoms with van der Waals surface area (Å²) in [7, 11) is 0. The molecular weight excluding hydrogens is 306 g/mol. The zero-order valence-corrected chi connectivity index (χ0v) is 12.9. The van der Waals surface area contributed by atoms with Gasteiger partial charge in [-0.1, -0.05) is 36.4 Å². The number of hydrogen-bond donors (Lipinski definition) is 1. The van der Waals surface area contributed by atoms with Crippen LogP contribution in [0.3, 0.4) is 0 Å². The van der Waals surface area contributed by atoms with Gasteiger partial charge in [-0.2, -0.15) is 0 Å². The summed E-state index contributed by atoms with van der Waals surface area (Å²) in [4.78, 5) is 13.4. The van der Waals surface area contributed by atoms with Crippen molar-refractivity contribution in [2.75, 3.05) is 5.73 Å². The molecule has 4 aromatic rings. The summed E-state index contributed by atoms with van der Waals surface area (Å²) in [5.74, 6) is 0.422. The molecule has 0 saturated heterocycles. The fourth-order valence-electron chi connectivity index (χ4n) is 2.30. The molecule has 0 saturated carbocycles. The molecule has 112 valence electrons. The van der Waals surface area contributed by atoms with Gasteiger partial charge in [0.1, 0.15) is 5.69 Å². The van der Waals surface area contributed by atoms with Crippen LogP contribution < -0.4 is 5.73 Å². The minimum Gasteiger partial charge on any atom is -0.369 e. The maximum absolute atomic E-state index is 6.06. The van der Waals surface area contributed by atoms with E-state index in [1.54, 1.807) is 10.8 Å². The molecule has 0 amide bonds. The molecule has 23 heavy (non-hydrogen) atoms. The number of pyridine rings is 1. The summed E-state index contributed by atoms with van der Waals surface area (Å²) in [6.45, 7) is 0. The normalized spacial score (nSPS) is 10.8. The molecule has 3 heterocycles. The van der Waals surface area contributed by atoms with E-state index in [0.717, 1.165) is 27.8 Å². The predicted molar refractivity (Wildman–Crippen MR) is 92.3 cm³/mol. The van der Waals surface area contributed by atoms with Gasteiger partial charge in [-0.15, -0.1) is 11.3 Å². The standard InChI is InChI=1S/C17H13N5S/c18-16-20-14(12-6-2-1-3-7-12)10-22(16)17-21-15(11-23-17)13-8-4-5-9-19-13/h1-11H,(H2,18,20). The lowest BCUT2D eigenvalue weighted by molar-refractivity contribution is 1.05. The van der Waals surface area contributed by atoms with Crippen molar-refractivity contribution in [3.63, 3.8) is 0 Å². The van der Waals surface area contributed by atoms with E-state index < -0.39 is 0 Å². The molecule has 0 bridgehead atoms. The van der Waals surface area contributed by atoms with Gasteiger partial charge in [-0.25, -0.2) is 9.97 Å². The first-order valence-corrected chi connectivity index (χ1v) is 7.97. The summed E-state index contributed by atoms with van der Waals surface area (Å²) >= 11 is 1.51. The van der Waals surface area contributed by atoms with Crippen molar-refractivity contribution < 1.29 is 0 Å². The van der Waals surface area contributed by atoms with Crippen molar-refractivity contribution in [3.05, 3.63) is 66.3 Å². The lowest BCUT2D eigenvalue weighted by Gasteiger charge is -1.98. The predicted octanol–water partition coefficient (Wildman–Crippen LogP) is 3.64. The Balaban J connectivity index is 1.72. The van der Waals surface area contributed by atoms with Crippen LogP contribution >= 0.6 is 11.3 Å². The van der Waals surface area contributed by atoms with Crippen LogP contribution in [0.1, 0.15) is 0 Å². The van der Waals surface area contributed by atoms with Crippen LogP contribution in [0, 0.1) is 0 Å². The van der Waals surface area contributed by atoms with Crippen LogP contribution in [0.5, 0.6) is 0 Å². The van der Waals surface area contributed by atoms with Gasteiger partial charge < -0.3 is 5.73 Å². The second kappa shape index (κ2) is 5.66. The van der Waals surface area contributed by atoms with E-state index in [0.29, 0.717) is 5.95 Å². The topological polar surface area (TPSA) is 69.6 Å². The maximum atomic E-state index is 6.06. The van der Waals surface area contributed by atoms with Crippen LogP contribution in [-0.4, -0.2) is 19.5 Å². The summed E-state index contributed by atoms with van der Waals surface area (Å²) in [6, 6.07) is 15.7. The lowest BCUT2D eigenvalue weighted by Crippen LogP contribution is -1.99. The average Bonchev–Trinajstić information content (AvgIpc) is 3.23. The average molecular weight is 319 g/mol. The van der Waals surface area contributed by atoms with Crippen LogP contribution in [0.4, 0.5) is 5.95 Å². The van der Waals surface area contributed by atoms with Gasteiger partial charge in [0.2, 0.25) is 5.95 Å². The van der Waals surface area contributed by atoms with Crippen LogP contribution in [0.15, 0.2) is 66.3 Å². The number of aromatic nitrogens is 4. The minimum atomic E-state index is 0.422. The van der Waals surface area contributed by atoms with Crippen LogP contribution in [0.2, 0.25) is 0 Å². The maximum Gasteiger partial charge on any atom is 0.207 e. The molecule has 2 N–H and O–H groups in total. The molecule has 3 aromatic heterocycles. The molecule has 1 aromatic carbocycles. The fourth-order valence-corrected chi connectivity index (χ4v) is 3.10. The molecule has 4 rings (SSSR count). The third-order valence-corrected chi connectivity index (χ3v) is 4.27. The number of rotatable bonds is 3. The highest BCUT2D eigenvalue weighted by Crippen LogP contribution is 2.27. The summed E-state index contributed by atoms with van der Waals surface area (Å²) < 4.78 is 1.80. The molecule has 0 spiro atoms. The lowest BCUT2D eigenvalue weighted by atomic mass is 10.2. The van der Waals surface area contributed by atoms with Gasteiger partial charge in [-0.3, -0.25) is 9.55 Å². The molecule has 6 heteroatoms. The molecule has 0 aliphatic rings. The number of nitrogen functional groups attached to an aromatic ring is 1. The van der Waals surface area contributed by atoms with Crippen molar-refractivity contribution in [3.8, 4) is 27.8 Å². The molecule has 0 atom stereocenters. The van der Waals surface area contributed by atoms with Crippen molar-refractivity contribution >= 4 is 17.3 Å². The Hall–Kier alpha value is -2.99. The first kappa shape index (κ1) is 13.7. The third kappa shape index (κ3) is 2.60. The Labute approximate surface area is 137 Å². The highest BCUT2D eigenvalue weighted by Gasteiger charge is 2.12. The molecule has 5 nitrogen and oxygen atoms in total. The van der Waals surface area contributed by atoms with E-state index in [2.05, 4.69) is 15.0 Å². The SMILES string of the molecule is Nc1nc(-c2ccccc2)cn1-c1nc(-c2ccccn2)cs1. The summed E-state index contributed by atoms with van der Waals surface area (Å²) in [6.07, 6.45) is 3.67. The van der Waals surface area contributed by atoms with Gasteiger partial charge in [0.25, 0.3) is 0 Å². The number of thiazole rings is 1. The number of imidazole rings is 1. The van der Waals surface area contributed by atoms with E-state index in [-0.39, 0.29) is 0 Å². The van der Waals surface area contributed by atoms with Crippen molar-refractivity contribution in [1.82, 2.24) is 19.5 Å². The van der Waals surface area contributed by atoms with Crippen molar-refractivity contribution in [2.24, 2.45) is 0 Å². The van der Waals surface area contributed by atoms with Gasteiger partial charge in [0.15, 0.2) is 5.13 Å². The third-order valence-electron chi connectivity index (χ3n) is 3.43. The Morgan fingerprint density at radius 2 is 1.70 bits per heavy atom. The number of anilines is 1. The second-order valence-corrected chi connectivity index (χ2v) is 5.79. The monoisotopic (exact) mass is 319 g/mol. The highest BCUT2D eigenvalue weighted by molar-refractivity contribution is 7.12. The van der Waals surface area contributed by atoms with Crippen LogP contribution in [-0.2, 0) is 0 Å². The van der Waals surface area contributed by atoms with E-state index in [4.69, 9.17) is 5.73 Å². The van der Waals surface area contributed by atoms with E-state index >= 15 is 0 Å². The first-order chi connectivity index (χ1) is 11.3. The number of nitrogens with two attached hydrogens (primary N) is 1. The molecule has 0 aliphatic heterocycles. The molecular formula is C17H13N5S. The Morgan fingerprint density at radius 1 is 0.870 bits per heavy atom. The van der Waals surface area contributed by atoms with E-state index in [1.165, 1.54) is 11.3 Å². The van der Waals surface area contributed by atoms with Crippen molar-refractivity contribution in [1.29, 1.82) is 0 Å². The summed E-state index contributed by atoms with van der Waals surface area (Å²) in [5.41, 5.74) is 9.60. The number of hydrogen-bond acceptors (Lipinski definition) is 5. The van der Waals surface area contributed by atoms with Gasteiger partial charge in [0, 0.05) is 23.3 Å². The fraction of sp³-hybridized carbons (Fsp3) is 0. The molecule has 0 fully saturated rings. The number of benzene rings is 1. The molecule has 0 aliphatic carbocycles.